The largest absolute Gasteiger partial charge is 0.367 e. The van der Waals surface area contributed by atoms with E-state index in [0.29, 0.717) is 5.56 Å². The molecule has 0 fully saturated rings. The SMILES string of the molecule is Nc1onc(-c2ccc(=O)[nH]c2)c1-c1ccc(F)cc1F. The van der Waals surface area contributed by atoms with Gasteiger partial charge in [0.15, 0.2) is 0 Å². The van der Waals surface area contributed by atoms with Crippen LogP contribution in [-0.2, 0) is 0 Å². The number of nitrogens with zero attached hydrogens (tertiary/aromatic N) is 1. The number of aromatic nitrogens is 2. The summed E-state index contributed by atoms with van der Waals surface area (Å²) in [5, 5.41) is 3.77. The lowest BCUT2D eigenvalue weighted by Crippen LogP contribution is -2.01. The van der Waals surface area contributed by atoms with Crippen LogP contribution in [0.25, 0.3) is 22.4 Å². The average molecular weight is 289 g/mol. The summed E-state index contributed by atoms with van der Waals surface area (Å²) in [6.45, 7) is 0. The number of aromatic amines is 1. The Morgan fingerprint density at radius 3 is 2.67 bits per heavy atom. The number of halogens is 2. The fourth-order valence-corrected chi connectivity index (χ4v) is 2.01. The van der Waals surface area contributed by atoms with Crippen LogP contribution in [0.3, 0.4) is 0 Å². The number of hydrogen-bond donors (Lipinski definition) is 2. The van der Waals surface area contributed by atoms with Gasteiger partial charge in [-0.1, -0.05) is 5.16 Å². The maximum Gasteiger partial charge on any atom is 0.247 e. The molecule has 3 rings (SSSR count). The van der Waals surface area contributed by atoms with Crippen molar-refractivity contribution in [2.24, 2.45) is 0 Å². The van der Waals surface area contributed by atoms with E-state index in [2.05, 4.69) is 10.1 Å². The lowest BCUT2D eigenvalue weighted by atomic mass is 10.0. The van der Waals surface area contributed by atoms with E-state index in [1.807, 2.05) is 0 Å². The van der Waals surface area contributed by atoms with Crippen LogP contribution < -0.4 is 11.3 Å². The molecule has 3 aromatic rings. The number of nitrogens with two attached hydrogens (primary N) is 1. The van der Waals surface area contributed by atoms with Crippen LogP contribution in [0.1, 0.15) is 0 Å². The molecular formula is C14H9F2N3O2. The molecule has 0 radical (unpaired) electrons. The standard InChI is InChI=1S/C14H9F2N3O2/c15-8-2-3-9(10(16)5-8)12-13(19-21-14(12)17)7-1-4-11(20)18-6-7/h1-6H,17H2,(H,18,20). The Labute approximate surface area is 117 Å². The zero-order valence-corrected chi connectivity index (χ0v) is 10.6. The summed E-state index contributed by atoms with van der Waals surface area (Å²) in [6.07, 6.45) is 1.41. The van der Waals surface area contributed by atoms with Gasteiger partial charge < -0.3 is 15.2 Å². The molecule has 0 saturated carbocycles. The number of rotatable bonds is 2. The van der Waals surface area contributed by atoms with Crippen molar-refractivity contribution in [2.75, 3.05) is 5.73 Å². The molecule has 3 N–H and O–H groups in total. The molecule has 0 bridgehead atoms. The van der Waals surface area contributed by atoms with E-state index in [-0.39, 0.29) is 28.3 Å². The van der Waals surface area contributed by atoms with Crippen LogP contribution in [-0.4, -0.2) is 10.1 Å². The van der Waals surface area contributed by atoms with Gasteiger partial charge in [-0.3, -0.25) is 4.79 Å². The fraction of sp³-hybridized carbons (Fsp3) is 0. The minimum absolute atomic E-state index is 0.0661. The van der Waals surface area contributed by atoms with Crippen LogP contribution in [0, 0.1) is 11.6 Å². The van der Waals surface area contributed by atoms with Gasteiger partial charge in [0.1, 0.15) is 17.3 Å². The number of anilines is 1. The Morgan fingerprint density at radius 1 is 1.19 bits per heavy atom. The maximum absolute atomic E-state index is 13.9. The molecule has 2 aromatic heterocycles. The van der Waals surface area contributed by atoms with Crippen molar-refractivity contribution in [2.45, 2.75) is 0 Å². The van der Waals surface area contributed by atoms with Crippen LogP contribution in [0.15, 0.2) is 45.8 Å². The van der Waals surface area contributed by atoms with Crippen LogP contribution in [0.4, 0.5) is 14.7 Å². The lowest BCUT2D eigenvalue weighted by molar-refractivity contribution is 0.439. The monoisotopic (exact) mass is 289 g/mol. The van der Waals surface area contributed by atoms with E-state index in [1.54, 1.807) is 0 Å². The van der Waals surface area contributed by atoms with Gasteiger partial charge in [0.2, 0.25) is 11.4 Å². The zero-order valence-electron chi connectivity index (χ0n) is 10.6. The minimum atomic E-state index is -0.782. The van der Waals surface area contributed by atoms with Gasteiger partial charge in [-0.05, 0) is 18.2 Å². The molecule has 0 spiro atoms. The van der Waals surface area contributed by atoms with E-state index in [0.717, 1.165) is 12.1 Å². The van der Waals surface area contributed by atoms with Gasteiger partial charge in [0.05, 0.1) is 5.56 Å². The summed E-state index contributed by atoms with van der Waals surface area (Å²) < 4.78 is 31.8. The quantitative estimate of drug-likeness (QED) is 0.759. The highest BCUT2D eigenvalue weighted by Crippen LogP contribution is 2.37. The van der Waals surface area contributed by atoms with Crippen molar-refractivity contribution in [3.05, 3.63) is 58.5 Å². The summed E-state index contributed by atoms with van der Waals surface area (Å²) >= 11 is 0. The molecular weight excluding hydrogens is 280 g/mol. The molecule has 7 heteroatoms. The third-order valence-electron chi connectivity index (χ3n) is 2.98. The highest BCUT2D eigenvalue weighted by atomic mass is 19.1. The number of nitrogen functional groups attached to an aromatic ring is 1. The van der Waals surface area contributed by atoms with Gasteiger partial charge in [-0.25, -0.2) is 8.78 Å². The highest BCUT2D eigenvalue weighted by Gasteiger charge is 2.20. The van der Waals surface area contributed by atoms with Crippen molar-refractivity contribution in [1.82, 2.24) is 10.1 Å². The summed E-state index contributed by atoms with van der Waals surface area (Å²) in [5.41, 5.74) is 6.43. The van der Waals surface area contributed by atoms with E-state index < -0.39 is 11.6 Å². The number of hydrogen-bond acceptors (Lipinski definition) is 4. The highest BCUT2D eigenvalue weighted by molar-refractivity contribution is 5.86. The molecule has 0 saturated heterocycles. The Balaban J connectivity index is 2.21. The first-order chi connectivity index (χ1) is 10.1. The van der Waals surface area contributed by atoms with Crippen molar-refractivity contribution >= 4 is 5.88 Å². The van der Waals surface area contributed by atoms with Crippen molar-refractivity contribution in [1.29, 1.82) is 0 Å². The smallest absolute Gasteiger partial charge is 0.247 e. The number of pyridine rings is 1. The molecule has 0 atom stereocenters. The molecule has 0 amide bonds. The third kappa shape index (κ3) is 2.29. The number of benzene rings is 1. The second-order valence-corrected chi connectivity index (χ2v) is 4.34. The van der Waals surface area contributed by atoms with Gasteiger partial charge in [0, 0.05) is 29.5 Å². The van der Waals surface area contributed by atoms with Gasteiger partial charge in [-0.2, -0.15) is 0 Å². The topological polar surface area (TPSA) is 84.9 Å². The Hall–Kier alpha value is -2.96. The summed E-state index contributed by atoms with van der Waals surface area (Å²) in [4.78, 5) is 13.6. The third-order valence-corrected chi connectivity index (χ3v) is 2.98. The predicted molar refractivity (Wildman–Crippen MR) is 72.3 cm³/mol. The summed E-state index contributed by atoms with van der Waals surface area (Å²) in [5.74, 6) is -1.57. The summed E-state index contributed by atoms with van der Waals surface area (Å²) in [6, 6.07) is 5.91. The maximum atomic E-state index is 13.9. The van der Waals surface area contributed by atoms with Gasteiger partial charge in [0.25, 0.3) is 0 Å². The Bertz CT molecular complexity index is 850. The van der Waals surface area contributed by atoms with E-state index in [9.17, 15) is 13.6 Å². The molecule has 0 unspecified atom stereocenters. The van der Waals surface area contributed by atoms with Gasteiger partial charge >= 0.3 is 0 Å². The first kappa shape index (κ1) is 13.0. The molecule has 0 aliphatic heterocycles. The van der Waals surface area contributed by atoms with E-state index >= 15 is 0 Å². The molecule has 21 heavy (non-hydrogen) atoms. The zero-order chi connectivity index (χ0) is 15.0. The molecule has 2 heterocycles. The van der Waals surface area contributed by atoms with Crippen molar-refractivity contribution in [3.8, 4) is 22.4 Å². The molecule has 1 aromatic carbocycles. The molecule has 0 aliphatic rings. The summed E-state index contributed by atoms with van der Waals surface area (Å²) in [7, 11) is 0. The van der Waals surface area contributed by atoms with Gasteiger partial charge in [-0.15, -0.1) is 0 Å². The second-order valence-electron chi connectivity index (χ2n) is 4.34. The first-order valence-corrected chi connectivity index (χ1v) is 5.96. The average Bonchev–Trinajstić information content (AvgIpc) is 2.82. The Morgan fingerprint density at radius 2 is 2.00 bits per heavy atom. The normalized spacial score (nSPS) is 10.8. The van der Waals surface area contributed by atoms with E-state index in [4.69, 9.17) is 10.3 Å². The Kier molecular flexibility index (Phi) is 3.02. The minimum Gasteiger partial charge on any atom is -0.367 e. The molecule has 0 aliphatic carbocycles. The first-order valence-electron chi connectivity index (χ1n) is 5.96. The van der Waals surface area contributed by atoms with Crippen molar-refractivity contribution < 1.29 is 13.3 Å². The van der Waals surface area contributed by atoms with Crippen LogP contribution in [0.2, 0.25) is 0 Å². The number of H-pyrrole nitrogens is 1. The van der Waals surface area contributed by atoms with E-state index in [1.165, 1.54) is 24.4 Å². The number of nitrogens with one attached hydrogen (secondary N) is 1. The van der Waals surface area contributed by atoms with Crippen molar-refractivity contribution in [3.63, 3.8) is 0 Å². The fourth-order valence-electron chi connectivity index (χ4n) is 2.01. The molecule has 106 valence electrons. The van der Waals surface area contributed by atoms with Crippen LogP contribution in [0.5, 0.6) is 0 Å². The lowest BCUT2D eigenvalue weighted by Gasteiger charge is -2.04. The molecule has 5 nitrogen and oxygen atoms in total. The predicted octanol–water partition coefficient (Wildman–Crippen LogP) is 2.56. The second kappa shape index (κ2) is 4.86. The van der Waals surface area contributed by atoms with Crippen LogP contribution >= 0.6 is 0 Å².